The molecule has 1 saturated heterocycles. The molecule has 1 aliphatic heterocycles. The van der Waals surface area contributed by atoms with Crippen molar-refractivity contribution in [2.45, 2.75) is 19.4 Å². The zero-order valence-electron chi connectivity index (χ0n) is 10.5. The average Bonchev–Trinajstić information content (AvgIpc) is 2.80. The quantitative estimate of drug-likeness (QED) is 0.785. The smallest absolute Gasteiger partial charge is 0.407 e. The van der Waals surface area contributed by atoms with Crippen molar-refractivity contribution >= 4 is 17.9 Å². The van der Waals surface area contributed by atoms with Crippen LogP contribution in [0.4, 0.5) is 16.6 Å². The van der Waals surface area contributed by atoms with E-state index < -0.39 is 6.09 Å². The molecule has 2 rings (SSSR count). The van der Waals surface area contributed by atoms with Gasteiger partial charge < -0.3 is 20.7 Å². The van der Waals surface area contributed by atoms with E-state index in [9.17, 15) is 4.79 Å². The zero-order chi connectivity index (χ0) is 13.1. The van der Waals surface area contributed by atoms with E-state index in [-0.39, 0.29) is 12.0 Å². The number of hydrogen-bond donors (Lipinski definition) is 2. The number of nitrogens with zero attached hydrogens (tertiary/aromatic N) is 3. The molecule has 0 spiro atoms. The summed E-state index contributed by atoms with van der Waals surface area (Å²) in [6.45, 7) is 3.47. The lowest BCUT2D eigenvalue weighted by Gasteiger charge is -2.19. The second-order valence-corrected chi connectivity index (χ2v) is 4.30. The largest absolute Gasteiger partial charge is 0.453 e. The molecule has 1 aromatic heterocycles. The van der Waals surface area contributed by atoms with Gasteiger partial charge in [0.2, 0.25) is 5.95 Å². The molecule has 1 fully saturated rings. The van der Waals surface area contributed by atoms with Crippen molar-refractivity contribution in [3.8, 4) is 0 Å². The first-order chi connectivity index (χ1) is 8.60. The van der Waals surface area contributed by atoms with Crippen molar-refractivity contribution < 1.29 is 9.53 Å². The molecule has 3 N–H and O–H groups in total. The van der Waals surface area contributed by atoms with E-state index in [1.807, 2.05) is 6.92 Å². The molecule has 0 radical (unpaired) electrons. The van der Waals surface area contributed by atoms with Gasteiger partial charge in [-0.1, -0.05) is 0 Å². The van der Waals surface area contributed by atoms with Gasteiger partial charge in [0, 0.05) is 24.8 Å². The molecular weight excluding hydrogens is 234 g/mol. The molecule has 1 aliphatic rings. The predicted molar refractivity (Wildman–Crippen MR) is 67.3 cm³/mol. The number of carbonyl (C=O) groups excluding carboxylic acids is 1. The van der Waals surface area contributed by atoms with Crippen LogP contribution in [0, 0.1) is 6.92 Å². The Labute approximate surface area is 105 Å². The number of anilines is 2. The standard InChI is InChI=1S/C11H17N5O2/c1-7-5-13-10(12)15-9(7)16-4-3-8(6-16)14-11(17)18-2/h5,8H,3-4,6H2,1-2H3,(H,14,17)(H2,12,13,15). The van der Waals surface area contributed by atoms with Crippen molar-refractivity contribution in [3.63, 3.8) is 0 Å². The molecule has 2 heterocycles. The Morgan fingerprint density at radius 1 is 1.67 bits per heavy atom. The number of aromatic nitrogens is 2. The monoisotopic (exact) mass is 251 g/mol. The van der Waals surface area contributed by atoms with E-state index in [4.69, 9.17) is 5.73 Å². The van der Waals surface area contributed by atoms with E-state index in [0.29, 0.717) is 6.54 Å². The number of ether oxygens (including phenoxy) is 1. The number of nitrogens with two attached hydrogens (primary N) is 1. The van der Waals surface area contributed by atoms with Crippen LogP contribution in [0.15, 0.2) is 6.20 Å². The molecule has 0 aromatic carbocycles. The summed E-state index contributed by atoms with van der Waals surface area (Å²) in [5, 5.41) is 2.78. The van der Waals surface area contributed by atoms with Crippen LogP contribution in [0.25, 0.3) is 0 Å². The molecule has 1 atom stereocenters. The van der Waals surface area contributed by atoms with E-state index in [1.54, 1.807) is 6.20 Å². The Morgan fingerprint density at radius 3 is 3.17 bits per heavy atom. The van der Waals surface area contributed by atoms with E-state index >= 15 is 0 Å². The molecular formula is C11H17N5O2. The molecule has 0 bridgehead atoms. The maximum absolute atomic E-state index is 11.1. The van der Waals surface area contributed by atoms with Crippen LogP contribution in [0.2, 0.25) is 0 Å². The van der Waals surface area contributed by atoms with Crippen LogP contribution in [-0.2, 0) is 4.74 Å². The number of hydrogen-bond acceptors (Lipinski definition) is 6. The SMILES string of the molecule is COC(=O)NC1CCN(c2nc(N)ncc2C)C1. The number of amides is 1. The molecule has 0 saturated carbocycles. The van der Waals surface area contributed by atoms with Crippen molar-refractivity contribution in [1.29, 1.82) is 0 Å². The summed E-state index contributed by atoms with van der Waals surface area (Å²) < 4.78 is 4.58. The van der Waals surface area contributed by atoms with Gasteiger partial charge in [-0.2, -0.15) is 4.98 Å². The number of alkyl carbamates (subject to hydrolysis) is 1. The van der Waals surface area contributed by atoms with Crippen LogP contribution in [-0.4, -0.2) is 42.3 Å². The van der Waals surface area contributed by atoms with Crippen LogP contribution in [0.3, 0.4) is 0 Å². The predicted octanol–water partition coefficient (Wildman–Crippen LogP) is 0.302. The normalized spacial score (nSPS) is 18.8. The second-order valence-electron chi connectivity index (χ2n) is 4.30. The second kappa shape index (κ2) is 5.07. The summed E-state index contributed by atoms with van der Waals surface area (Å²) in [4.78, 5) is 21.4. The lowest BCUT2D eigenvalue weighted by molar-refractivity contribution is 0.167. The number of methoxy groups -OCH3 is 1. The molecule has 0 aliphatic carbocycles. The Balaban J connectivity index is 2.04. The van der Waals surface area contributed by atoms with Gasteiger partial charge in [0.15, 0.2) is 0 Å². The van der Waals surface area contributed by atoms with Crippen LogP contribution in [0.5, 0.6) is 0 Å². The van der Waals surface area contributed by atoms with Crippen molar-refractivity contribution in [2.24, 2.45) is 0 Å². The first-order valence-electron chi connectivity index (χ1n) is 5.78. The van der Waals surface area contributed by atoms with Crippen molar-refractivity contribution in [2.75, 3.05) is 30.8 Å². The Bertz CT molecular complexity index is 451. The summed E-state index contributed by atoms with van der Waals surface area (Å²) in [7, 11) is 1.36. The summed E-state index contributed by atoms with van der Waals surface area (Å²) >= 11 is 0. The summed E-state index contributed by atoms with van der Waals surface area (Å²) in [5.41, 5.74) is 6.57. The van der Waals surface area contributed by atoms with Gasteiger partial charge in [-0.05, 0) is 13.3 Å². The van der Waals surface area contributed by atoms with Gasteiger partial charge in [-0.3, -0.25) is 0 Å². The van der Waals surface area contributed by atoms with E-state index in [2.05, 4.69) is 24.9 Å². The number of rotatable bonds is 2. The summed E-state index contributed by atoms with van der Waals surface area (Å²) in [6, 6.07) is 0.0769. The molecule has 7 heteroatoms. The molecule has 1 unspecified atom stereocenters. The third kappa shape index (κ3) is 2.61. The third-order valence-corrected chi connectivity index (χ3v) is 2.96. The summed E-state index contributed by atoms with van der Waals surface area (Å²) in [5.74, 6) is 1.09. The number of nitrogens with one attached hydrogen (secondary N) is 1. The van der Waals surface area contributed by atoms with Crippen LogP contribution in [0.1, 0.15) is 12.0 Å². The number of nitrogen functional groups attached to an aromatic ring is 1. The van der Waals surface area contributed by atoms with Crippen molar-refractivity contribution in [3.05, 3.63) is 11.8 Å². The first-order valence-corrected chi connectivity index (χ1v) is 5.78. The highest BCUT2D eigenvalue weighted by atomic mass is 16.5. The lowest BCUT2D eigenvalue weighted by atomic mass is 10.3. The lowest BCUT2D eigenvalue weighted by Crippen LogP contribution is -2.37. The molecule has 7 nitrogen and oxygen atoms in total. The Hall–Kier alpha value is -2.05. The summed E-state index contributed by atoms with van der Waals surface area (Å²) in [6.07, 6.45) is 2.16. The van der Waals surface area contributed by atoms with Gasteiger partial charge in [0.1, 0.15) is 5.82 Å². The van der Waals surface area contributed by atoms with Gasteiger partial charge in [-0.15, -0.1) is 0 Å². The molecule has 1 aromatic rings. The highest BCUT2D eigenvalue weighted by Gasteiger charge is 2.26. The minimum atomic E-state index is -0.402. The molecule has 1 amide bonds. The minimum absolute atomic E-state index is 0.0769. The minimum Gasteiger partial charge on any atom is -0.453 e. The zero-order valence-corrected chi connectivity index (χ0v) is 10.5. The van der Waals surface area contributed by atoms with Gasteiger partial charge in [0.05, 0.1) is 13.2 Å². The topological polar surface area (TPSA) is 93.4 Å². The van der Waals surface area contributed by atoms with Gasteiger partial charge >= 0.3 is 6.09 Å². The highest BCUT2D eigenvalue weighted by molar-refractivity contribution is 5.67. The van der Waals surface area contributed by atoms with Gasteiger partial charge in [0.25, 0.3) is 0 Å². The average molecular weight is 251 g/mol. The number of carbonyl (C=O) groups is 1. The molecule has 18 heavy (non-hydrogen) atoms. The maximum Gasteiger partial charge on any atom is 0.407 e. The van der Waals surface area contributed by atoms with Crippen LogP contribution < -0.4 is 16.0 Å². The van der Waals surface area contributed by atoms with Crippen molar-refractivity contribution in [1.82, 2.24) is 15.3 Å². The van der Waals surface area contributed by atoms with Crippen LogP contribution >= 0.6 is 0 Å². The molecule has 98 valence electrons. The fraction of sp³-hybridized carbons (Fsp3) is 0.545. The van der Waals surface area contributed by atoms with E-state index in [1.165, 1.54) is 7.11 Å². The first kappa shape index (κ1) is 12.4. The number of aryl methyl sites for hydroxylation is 1. The Morgan fingerprint density at radius 2 is 2.44 bits per heavy atom. The highest BCUT2D eigenvalue weighted by Crippen LogP contribution is 2.22. The maximum atomic E-state index is 11.1. The fourth-order valence-electron chi connectivity index (χ4n) is 2.06. The fourth-order valence-corrected chi connectivity index (χ4v) is 2.06. The van der Waals surface area contributed by atoms with E-state index in [0.717, 1.165) is 24.3 Å². The Kier molecular flexibility index (Phi) is 3.50. The third-order valence-electron chi connectivity index (χ3n) is 2.96. The van der Waals surface area contributed by atoms with Gasteiger partial charge in [-0.25, -0.2) is 9.78 Å².